The molecule has 0 aromatic carbocycles. The molecule has 1 heterocycles. The zero-order valence-corrected chi connectivity index (χ0v) is 7.03. The maximum absolute atomic E-state index is 11.0. The predicted molar refractivity (Wildman–Crippen MR) is 42.1 cm³/mol. The van der Waals surface area contributed by atoms with Gasteiger partial charge in [-0.2, -0.15) is 0 Å². The summed E-state index contributed by atoms with van der Waals surface area (Å²) in [4.78, 5) is 12.5. The average molecular weight is 155 g/mol. The molecular formula is C8H13NO2. The van der Waals surface area contributed by atoms with Crippen molar-refractivity contribution in [3.63, 3.8) is 0 Å². The quantitative estimate of drug-likeness (QED) is 0.611. The Bertz CT molecular complexity index is 208. The number of aliphatic hydroxyl groups excluding tert-OH is 1. The van der Waals surface area contributed by atoms with E-state index in [0.717, 1.165) is 0 Å². The molecule has 0 aromatic rings. The van der Waals surface area contributed by atoms with Crippen molar-refractivity contribution in [2.24, 2.45) is 5.92 Å². The van der Waals surface area contributed by atoms with Crippen LogP contribution in [-0.4, -0.2) is 29.0 Å². The average Bonchev–Trinajstić information content (AvgIpc) is 2.07. The first-order chi connectivity index (χ1) is 5.04. The highest BCUT2D eigenvalue weighted by Gasteiger charge is 2.31. The fourth-order valence-electron chi connectivity index (χ4n) is 1.44. The minimum Gasteiger partial charge on any atom is -0.510 e. The van der Waals surface area contributed by atoms with E-state index in [-0.39, 0.29) is 23.6 Å². The van der Waals surface area contributed by atoms with Gasteiger partial charge in [0.05, 0.1) is 6.04 Å². The number of likely N-dealkylation sites (N-methyl/N-ethyl adjacent to an activating group) is 1. The molecule has 1 N–H and O–H groups in total. The van der Waals surface area contributed by atoms with Gasteiger partial charge in [0.15, 0.2) is 0 Å². The third-order valence-corrected chi connectivity index (χ3v) is 1.97. The van der Waals surface area contributed by atoms with Gasteiger partial charge in [0.1, 0.15) is 5.76 Å². The van der Waals surface area contributed by atoms with E-state index in [4.69, 9.17) is 0 Å². The van der Waals surface area contributed by atoms with Gasteiger partial charge in [-0.1, -0.05) is 13.8 Å². The van der Waals surface area contributed by atoms with Crippen LogP contribution in [-0.2, 0) is 4.79 Å². The highest BCUT2D eigenvalue weighted by molar-refractivity contribution is 5.91. The van der Waals surface area contributed by atoms with E-state index in [2.05, 4.69) is 0 Å². The van der Waals surface area contributed by atoms with E-state index in [1.807, 2.05) is 13.8 Å². The van der Waals surface area contributed by atoms with Crippen molar-refractivity contribution in [3.05, 3.63) is 11.8 Å². The molecule has 1 aliphatic heterocycles. The molecule has 1 amide bonds. The summed E-state index contributed by atoms with van der Waals surface area (Å²) < 4.78 is 0. The van der Waals surface area contributed by atoms with Crippen LogP contribution in [0.3, 0.4) is 0 Å². The Morgan fingerprint density at radius 1 is 1.64 bits per heavy atom. The molecule has 0 saturated heterocycles. The number of rotatable bonds is 1. The molecule has 0 aromatic heterocycles. The summed E-state index contributed by atoms with van der Waals surface area (Å²) in [6, 6.07) is -0.123. The molecule has 0 bridgehead atoms. The van der Waals surface area contributed by atoms with Crippen molar-refractivity contribution in [2.75, 3.05) is 7.05 Å². The molecule has 11 heavy (non-hydrogen) atoms. The summed E-state index contributed by atoms with van der Waals surface area (Å²) in [5.41, 5.74) is 0. The lowest BCUT2D eigenvalue weighted by molar-refractivity contribution is -0.125. The number of hydrogen-bond donors (Lipinski definition) is 1. The number of amides is 1. The molecule has 62 valence electrons. The van der Waals surface area contributed by atoms with Gasteiger partial charge in [0.25, 0.3) is 0 Å². The lowest BCUT2D eigenvalue weighted by atomic mass is 10.0. The smallest absolute Gasteiger partial charge is 0.250 e. The fourth-order valence-corrected chi connectivity index (χ4v) is 1.44. The van der Waals surface area contributed by atoms with Crippen LogP contribution in [0.1, 0.15) is 13.8 Å². The lowest BCUT2D eigenvalue weighted by Gasteiger charge is -2.23. The van der Waals surface area contributed by atoms with E-state index in [1.165, 1.54) is 6.08 Å². The van der Waals surface area contributed by atoms with Gasteiger partial charge < -0.3 is 10.0 Å². The standard InChI is InChI=1S/C8H13NO2/c1-5(2)8-6(10)4-7(11)9(8)3/h4-5,8,10H,1-3H3. The number of nitrogens with zero attached hydrogens (tertiary/aromatic N) is 1. The van der Waals surface area contributed by atoms with Gasteiger partial charge in [0.2, 0.25) is 5.91 Å². The lowest BCUT2D eigenvalue weighted by Crippen LogP contribution is -2.35. The van der Waals surface area contributed by atoms with Crippen LogP contribution in [0.15, 0.2) is 11.8 Å². The number of carbonyl (C=O) groups is 1. The Kier molecular flexibility index (Phi) is 1.89. The second kappa shape index (κ2) is 2.57. The first-order valence-corrected chi connectivity index (χ1v) is 3.71. The van der Waals surface area contributed by atoms with Crippen molar-refractivity contribution in [2.45, 2.75) is 19.9 Å². The summed E-state index contributed by atoms with van der Waals surface area (Å²) in [6.07, 6.45) is 1.28. The molecule has 1 aliphatic rings. The summed E-state index contributed by atoms with van der Waals surface area (Å²) in [5.74, 6) is 0.344. The molecule has 3 nitrogen and oxygen atoms in total. The molecular weight excluding hydrogens is 142 g/mol. The van der Waals surface area contributed by atoms with Crippen LogP contribution in [0.2, 0.25) is 0 Å². The minimum absolute atomic E-state index is 0.110. The van der Waals surface area contributed by atoms with Gasteiger partial charge >= 0.3 is 0 Å². The zero-order valence-electron chi connectivity index (χ0n) is 7.03. The van der Waals surface area contributed by atoms with Crippen LogP contribution in [0.25, 0.3) is 0 Å². The van der Waals surface area contributed by atoms with E-state index < -0.39 is 0 Å². The van der Waals surface area contributed by atoms with Gasteiger partial charge in [-0.3, -0.25) is 4.79 Å². The van der Waals surface area contributed by atoms with E-state index in [0.29, 0.717) is 0 Å². The van der Waals surface area contributed by atoms with Crippen molar-refractivity contribution >= 4 is 5.91 Å². The second-order valence-corrected chi connectivity index (χ2v) is 3.21. The number of hydrogen-bond acceptors (Lipinski definition) is 2. The molecule has 0 aliphatic carbocycles. The second-order valence-electron chi connectivity index (χ2n) is 3.21. The first kappa shape index (κ1) is 8.11. The molecule has 0 radical (unpaired) electrons. The van der Waals surface area contributed by atoms with E-state index in [9.17, 15) is 9.90 Å². The molecule has 1 atom stereocenters. The Labute approximate surface area is 66.3 Å². The monoisotopic (exact) mass is 155 g/mol. The summed E-state index contributed by atoms with van der Waals surface area (Å²) >= 11 is 0. The minimum atomic E-state index is -0.123. The van der Waals surface area contributed by atoms with Crippen molar-refractivity contribution < 1.29 is 9.90 Å². The van der Waals surface area contributed by atoms with Crippen molar-refractivity contribution in [1.82, 2.24) is 4.90 Å². The largest absolute Gasteiger partial charge is 0.510 e. The maximum atomic E-state index is 11.0. The summed E-state index contributed by atoms with van der Waals surface area (Å²) in [6.45, 7) is 3.95. The van der Waals surface area contributed by atoms with Crippen LogP contribution in [0.5, 0.6) is 0 Å². The zero-order chi connectivity index (χ0) is 8.59. The predicted octanol–water partition coefficient (Wildman–Crippen LogP) is 0.925. The topological polar surface area (TPSA) is 40.5 Å². The summed E-state index contributed by atoms with van der Waals surface area (Å²) in [5, 5.41) is 9.30. The Morgan fingerprint density at radius 3 is 2.36 bits per heavy atom. The Hall–Kier alpha value is -0.990. The fraction of sp³-hybridized carbons (Fsp3) is 0.625. The third-order valence-electron chi connectivity index (χ3n) is 1.97. The van der Waals surface area contributed by atoms with Crippen molar-refractivity contribution in [3.8, 4) is 0 Å². The van der Waals surface area contributed by atoms with E-state index >= 15 is 0 Å². The first-order valence-electron chi connectivity index (χ1n) is 3.71. The highest BCUT2D eigenvalue weighted by atomic mass is 16.3. The molecule has 0 fully saturated rings. The molecule has 3 heteroatoms. The van der Waals surface area contributed by atoms with Crippen LogP contribution in [0, 0.1) is 5.92 Å². The molecule has 0 spiro atoms. The Balaban J connectivity index is 2.83. The van der Waals surface area contributed by atoms with Gasteiger partial charge in [0, 0.05) is 13.1 Å². The van der Waals surface area contributed by atoms with Crippen molar-refractivity contribution in [1.29, 1.82) is 0 Å². The Morgan fingerprint density at radius 2 is 2.18 bits per heavy atom. The van der Waals surface area contributed by atoms with E-state index in [1.54, 1.807) is 11.9 Å². The summed E-state index contributed by atoms with van der Waals surface area (Å²) in [7, 11) is 1.70. The molecule has 1 rings (SSSR count). The van der Waals surface area contributed by atoms with Crippen LogP contribution < -0.4 is 0 Å². The molecule has 0 saturated carbocycles. The normalized spacial score (nSPS) is 24.7. The van der Waals surface area contributed by atoms with Crippen LogP contribution >= 0.6 is 0 Å². The highest BCUT2D eigenvalue weighted by Crippen LogP contribution is 2.21. The third kappa shape index (κ3) is 1.23. The number of aliphatic hydroxyl groups is 1. The van der Waals surface area contributed by atoms with Crippen LogP contribution in [0.4, 0.5) is 0 Å². The molecule has 1 unspecified atom stereocenters. The number of carbonyl (C=O) groups excluding carboxylic acids is 1. The maximum Gasteiger partial charge on any atom is 0.250 e. The van der Waals surface area contributed by atoms with Gasteiger partial charge in [-0.15, -0.1) is 0 Å². The van der Waals surface area contributed by atoms with Gasteiger partial charge in [-0.05, 0) is 5.92 Å². The van der Waals surface area contributed by atoms with Gasteiger partial charge in [-0.25, -0.2) is 0 Å². The SMILES string of the molecule is CC(C)C1C(O)=CC(=O)N1C.